The molecule has 1 aliphatic heterocycles. The molecular weight excluding hydrogens is 373 g/mol. The molecule has 1 amide bonds. The number of amides is 1. The average molecular weight is 400 g/mol. The van der Waals surface area contributed by atoms with Crippen molar-refractivity contribution in [2.75, 3.05) is 20.1 Å². The zero-order chi connectivity index (χ0) is 20.3. The fourth-order valence-electron chi connectivity index (χ4n) is 3.97. The van der Waals surface area contributed by atoms with E-state index in [-0.39, 0.29) is 11.5 Å². The second-order valence-corrected chi connectivity index (χ2v) is 9.00. The number of rotatable bonds is 5. The molecule has 0 spiro atoms. The summed E-state index contributed by atoms with van der Waals surface area (Å²) in [6.07, 6.45) is 2.17. The summed E-state index contributed by atoms with van der Waals surface area (Å²) in [6.45, 7) is 5.17. The van der Waals surface area contributed by atoms with Crippen LogP contribution in [0.15, 0.2) is 35.7 Å². The van der Waals surface area contributed by atoms with Gasteiger partial charge in [0.1, 0.15) is 5.82 Å². The second kappa shape index (κ2) is 8.42. The summed E-state index contributed by atoms with van der Waals surface area (Å²) >= 11 is 1.75. The molecule has 0 aliphatic carbocycles. The predicted molar refractivity (Wildman–Crippen MR) is 110 cm³/mol. The number of halogens is 1. The monoisotopic (exact) mass is 399 g/mol. The van der Waals surface area contributed by atoms with Gasteiger partial charge in [0.2, 0.25) is 5.91 Å². The normalized spacial score (nSPS) is 20.5. The SMILES string of the molecule is CN1CCCC(CNC(=O)C(C)(C)c2cc(F)cc(C#N)c2)C1c1cccs1. The minimum atomic E-state index is -0.924. The lowest BCUT2D eigenvalue weighted by Crippen LogP contribution is -2.46. The smallest absolute Gasteiger partial charge is 0.230 e. The first kappa shape index (κ1) is 20.5. The molecule has 2 aromatic rings. The molecule has 0 saturated carbocycles. The third-order valence-electron chi connectivity index (χ3n) is 5.68. The Hall–Kier alpha value is -2.23. The summed E-state index contributed by atoms with van der Waals surface area (Å²) in [5.41, 5.74) is -0.188. The Balaban J connectivity index is 1.73. The highest BCUT2D eigenvalue weighted by Crippen LogP contribution is 2.37. The first-order chi connectivity index (χ1) is 13.3. The van der Waals surface area contributed by atoms with Crippen LogP contribution in [0.4, 0.5) is 4.39 Å². The summed E-state index contributed by atoms with van der Waals surface area (Å²) in [5, 5.41) is 14.3. The average Bonchev–Trinajstić information content (AvgIpc) is 3.19. The Morgan fingerprint density at radius 2 is 2.21 bits per heavy atom. The summed E-state index contributed by atoms with van der Waals surface area (Å²) in [5.74, 6) is -0.318. The zero-order valence-corrected chi connectivity index (χ0v) is 17.4. The molecule has 0 radical (unpaired) electrons. The van der Waals surface area contributed by atoms with Gasteiger partial charge in [-0.3, -0.25) is 9.69 Å². The van der Waals surface area contributed by atoms with Gasteiger partial charge >= 0.3 is 0 Å². The van der Waals surface area contributed by atoms with Gasteiger partial charge in [-0.2, -0.15) is 5.26 Å². The summed E-state index contributed by atoms with van der Waals surface area (Å²) in [4.78, 5) is 16.7. The quantitative estimate of drug-likeness (QED) is 0.818. The number of nitriles is 1. The lowest BCUT2D eigenvalue weighted by molar-refractivity contribution is -0.126. The van der Waals surface area contributed by atoms with Crippen molar-refractivity contribution in [1.29, 1.82) is 5.26 Å². The lowest BCUT2D eigenvalue weighted by Gasteiger charge is -2.39. The molecular formula is C22H26FN3OS. The van der Waals surface area contributed by atoms with Crippen LogP contribution in [0.5, 0.6) is 0 Å². The van der Waals surface area contributed by atoms with Gasteiger partial charge in [-0.25, -0.2) is 4.39 Å². The van der Waals surface area contributed by atoms with Crippen molar-refractivity contribution >= 4 is 17.2 Å². The van der Waals surface area contributed by atoms with Gasteiger partial charge in [-0.05, 0) is 81.4 Å². The molecule has 1 aliphatic rings. The van der Waals surface area contributed by atoms with E-state index in [0.29, 0.717) is 24.1 Å². The molecule has 2 unspecified atom stereocenters. The standard InChI is InChI=1S/C22H26FN3OS/c1-22(2,17-10-15(13-24)11-18(23)12-17)21(27)25-14-16-6-4-8-26(3)20(16)19-7-5-9-28-19/h5,7,9-12,16,20H,4,6,8,14H2,1-3H3,(H,25,27). The lowest BCUT2D eigenvalue weighted by atomic mass is 9.82. The van der Waals surface area contributed by atoms with Crippen molar-refractivity contribution in [1.82, 2.24) is 10.2 Å². The largest absolute Gasteiger partial charge is 0.355 e. The Morgan fingerprint density at radius 3 is 2.89 bits per heavy atom. The van der Waals surface area contributed by atoms with E-state index in [1.54, 1.807) is 31.3 Å². The van der Waals surface area contributed by atoms with E-state index in [0.717, 1.165) is 19.4 Å². The Morgan fingerprint density at radius 1 is 1.43 bits per heavy atom. The van der Waals surface area contributed by atoms with Crippen LogP contribution in [0.25, 0.3) is 0 Å². The van der Waals surface area contributed by atoms with Gasteiger partial charge in [0.25, 0.3) is 0 Å². The van der Waals surface area contributed by atoms with Crippen molar-refractivity contribution in [3.8, 4) is 6.07 Å². The van der Waals surface area contributed by atoms with Crippen LogP contribution >= 0.6 is 11.3 Å². The fraction of sp³-hybridized carbons (Fsp3) is 0.455. The molecule has 1 fully saturated rings. The molecule has 6 heteroatoms. The van der Waals surface area contributed by atoms with Crippen molar-refractivity contribution in [3.05, 3.63) is 57.5 Å². The van der Waals surface area contributed by atoms with Crippen molar-refractivity contribution < 1.29 is 9.18 Å². The molecule has 2 heterocycles. The highest BCUT2D eigenvalue weighted by molar-refractivity contribution is 7.10. The molecule has 0 bridgehead atoms. The number of piperidine rings is 1. The molecule has 1 N–H and O–H groups in total. The zero-order valence-electron chi connectivity index (χ0n) is 16.5. The first-order valence-corrected chi connectivity index (χ1v) is 10.4. The Kier molecular flexibility index (Phi) is 6.17. The van der Waals surface area contributed by atoms with Crippen LogP contribution in [0, 0.1) is 23.1 Å². The maximum atomic E-state index is 13.8. The number of carbonyl (C=O) groups is 1. The molecule has 2 atom stereocenters. The van der Waals surface area contributed by atoms with E-state index in [4.69, 9.17) is 5.26 Å². The number of carbonyl (C=O) groups excluding carboxylic acids is 1. The number of benzene rings is 1. The molecule has 1 saturated heterocycles. The number of nitrogens with one attached hydrogen (secondary N) is 1. The number of likely N-dealkylation sites (tertiary alicyclic amines) is 1. The fourth-order valence-corrected chi connectivity index (χ4v) is 4.96. The number of hydrogen-bond acceptors (Lipinski definition) is 4. The van der Waals surface area contributed by atoms with E-state index in [1.165, 1.54) is 17.0 Å². The first-order valence-electron chi connectivity index (χ1n) is 9.56. The highest BCUT2D eigenvalue weighted by atomic mass is 32.1. The van der Waals surface area contributed by atoms with Gasteiger partial charge in [-0.1, -0.05) is 6.07 Å². The van der Waals surface area contributed by atoms with Gasteiger partial charge in [0.05, 0.1) is 17.0 Å². The number of thiophene rings is 1. The van der Waals surface area contributed by atoms with Gasteiger partial charge < -0.3 is 5.32 Å². The minimum absolute atomic E-state index is 0.153. The summed E-state index contributed by atoms with van der Waals surface area (Å²) < 4.78 is 13.8. The van der Waals surface area contributed by atoms with Crippen molar-refractivity contribution in [3.63, 3.8) is 0 Å². The van der Waals surface area contributed by atoms with Crippen LogP contribution in [0.3, 0.4) is 0 Å². The molecule has 28 heavy (non-hydrogen) atoms. The predicted octanol–water partition coefficient (Wildman–Crippen LogP) is 4.24. The van der Waals surface area contributed by atoms with Crippen LogP contribution in [0.1, 0.15) is 48.7 Å². The molecule has 1 aromatic carbocycles. The molecule has 148 valence electrons. The summed E-state index contributed by atoms with van der Waals surface area (Å²) in [6, 6.07) is 10.6. The van der Waals surface area contributed by atoms with Crippen LogP contribution in [-0.4, -0.2) is 30.9 Å². The van der Waals surface area contributed by atoms with Crippen LogP contribution in [-0.2, 0) is 10.2 Å². The highest BCUT2D eigenvalue weighted by Gasteiger charge is 2.34. The van der Waals surface area contributed by atoms with E-state index in [9.17, 15) is 9.18 Å². The topological polar surface area (TPSA) is 56.1 Å². The third-order valence-corrected chi connectivity index (χ3v) is 6.63. The van der Waals surface area contributed by atoms with Crippen LogP contribution < -0.4 is 5.32 Å². The van der Waals surface area contributed by atoms with Gasteiger partial charge in [0.15, 0.2) is 0 Å². The van der Waals surface area contributed by atoms with E-state index < -0.39 is 11.2 Å². The van der Waals surface area contributed by atoms with E-state index >= 15 is 0 Å². The van der Waals surface area contributed by atoms with Crippen LogP contribution in [0.2, 0.25) is 0 Å². The van der Waals surface area contributed by atoms with Gasteiger partial charge in [-0.15, -0.1) is 11.3 Å². The van der Waals surface area contributed by atoms with Crippen molar-refractivity contribution in [2.45, 2.75) is 38.1 Å². The third kappa shape index (κ3) is 4.26. The summed E-state index contributed by atoms with van der Waals surface area (Å²) in [7, 11) is 2.14. The minimum Gasteiger partial charge on any atom is -0.355 e. The van der Waals surface area contributed by atoms with Gasteiger partial charge in [0, 0.05) is 17.5 Å². The molecule has 4 nitrogen and oxygen atoms in total. The second-order valence-electron chi connectivity index (χ2n) is 8.02. The number of hydrogen-bond donors (Lipinski definition) is 1. The maximum absolute atomic E-state index is 13.8. The Bertz CT molecular complexity index is 872. The van der Waals surface area contributed by atoms with E-state index in [1.807, 2.05) is 6.07 Å². The Labute approximate surface area is 170 Å². The molecule has 1 aromatic heterocycles. The maximum Gasteiger partial charge on any atom is 0.230 e. The van der Waals surface area contributed by atoms with E-state index in [2.05, 4.69) is 34.8 Å². The number of nitrogens with zero attached hydrogens (tertiary/aromatic N) is 2. The molecule has 3 rings (SSSR count). The van der Waals surface area contributed by atoms with Crippen molar-refractivity contribution in [2.24, 2.45) is 5.92 Å².